The number of benzene rings is 1. The predicted molar refractivity (Wildman–Crippen MR) is 116 cm³/mol. The summed E-state index contributed by atoms with van der Waals surface area (Å²) in [6, 6.07) is 2.40. The van der Waals surface area contributed by atoms with Crippen LogP contribution in [0.3, 0.4) is 0 Å². The van der Waals surface area contributed by atoms with E-state index in [1.54, 1.807) is 25.1 Å². The topological polar surface area (TPSA) is 111 Å². The maximum atomic E-state index is 14.6. The number of nitrogens with one attached hydrogen (secondary N) is 1. The molecule has 2 aromatic heterocycles. The lowest BCUT2D eigenvalue weighted by Gasteiger charge is -2.61. The molecule has 3 atom stereocenters. The van der Waals surface area contributed by atoms with Crippen LogP contribution < -0.4 is 5.32 Å². The molecule has 1 aromatic carbocycles. The Hall–Kier alpha value is -3.05. The standard InChI is InChI=1S/C21H23ClFN7O3/c1-11-4-13-8-21(7-11,19-27-26-16(33-19)9-32-3)30(13)20(31)25-12-5-14(17(22)15(23)6-12)18-24-10-29(2)28-18/h5-6,10-11,13H,4,7-9H2,1-3H3,(H,25,31)/t11-,13?,21?/m0/s1. The van der Waals surface area contributed by atoms with Gasteiger partial charge in [0, 0.05) is 37.9 Å². The number of urea groups is 1. The Morgan fingerprint density at radius 1 is 1.39 bits per heavy atom. The van der Waals surface area contributed by atoms with Crippen molar-refractivity contribution < 1.29 is 18.3 Å². The van der Waals surface area contributed by atoms with Crippen molar-refractivity contribution in [1.29, 1.82) is 0 Å². The highest BCUT2D eigenvalue weighted by Crippen LogP contribution is 2.55. The summed E-state index contributed by atoms with van der Waals surface area (Å²) in [6.07, 6.45) is 3.79. The number of rotatable bonds is 5. The lowest BCUT2D eigenvalue weighted by molar-refractivity contribution is -0.110. The Morgan fingerprint density at radius 3 is 2.94 bits per heavy atom. The molecule has 2 fully saturated rings. The number of ether oxygens (including phenoxy) is 1. The Bertz CT molecular complexity index is 1210. The minimum atomic E-state index is -0.693. The van der Waals surface area contributed by atoms with Gasteiger partial charge < -0.3 is 19.4 Å². The van der Waals surface area contributed by atoms with Crippen LogP contribution in [0.1, 0.15) is 38.0 Å². The van der Waals surface area contributed by atoms with Crippen LogP contribution in [0.2, 0.25) is 5.02 Å². The summed E-state index contributed by atoms with van der Waals surface area (Å²) in [6.45, 7) is 2.34. The molecule has 1 N–H and O–H groups in total. The minimum Gasteiger partial charge on any atom is -0.420 e. The molecule has 0 radical (unpaired) electrons. The Balaban J connectivity index is 1.44. The van der Waals surface area contributed by atoms with Gasteiger partial charge in [0.2, 0.25) is 11.8 Å². The van der Waals surface area contributed by atoms with Crippen LogP contribution >= 0.6 is 11.6 Å². The van der Waals surface area contributed by atoms with Crippen molar-refractivity contribution in [3.63, 3.8) is 0 Å². The fraction of sp³-hybridized carbons (Fsp3) is 0.476. The molecule has 0 spiro atoms. The zero-order valence-electron chi connectivity index (χ0n) is 18.4. The zero-order chi connectivity index (χ0) is 23.3. The van der Waals surface area contributed by atoms with Crippen LogP contribution in [0.4, 0.5) is 14.9 Å². The molecule has 3 heterocycles. The van der Waals surface area contributed by atoms with Crippen LogP contribution in [-0.4, -0.2) is 49.0 Å². The van der Waals surface area contributed by atoms with E-state index < -0.39 is 11.4 Å². The molecule has 1 saturated heterocycles. The third kappa shape index (κ3) is 3.65. The number of carbonyl (C=O) groups is 1. The SMILES string of the molecule is COCc1nnc(C23CC(C[C@H](C)C2)N3C(=O)Nc2cc(F)c(Cl)c(-c3ncn(C)n3)c2)o1. The van der Waals surface area contributed by atoms with Gasteiger partial charge in [0.25, 0.3) is 0 Å². The number of amides is 2. The summed E-state index contributed by atoms with van der Waals surface area (Å²) in [5, 5.41) is 15.1. The number of nitrogens with zero attached hydrogens (tertiary/aromatic N) is 6. The lowest BCUT2D eigenvalue weighted by Crippen LogP contribution is -2.70. The smallest absolute Gasteiger partial charge is 0.323 e. The van der Waals surface area contributed by atoms with Crippen LogP contribution in [0.15, 0.2) is 22.9 Å². The third-order valence-corrected chi connectivity index (χ3v) is 6.62. The third-order valence-electron chi connectivity index (χ3n) is 6.23. The summed E-state index contributed by atoms with van der Waals surface area (Å²) in [7, 11) is 3.25. The maximum absolute atomic E-state index is 14.6. The van der Waals surface area contributed by atoms with Gasteiger partial charge in [0.05, 0.1) is 5.02 Å². The molecule has 174 valence electrons. The van der Waals surface area contributed by atoms with Gasteiger partial charge in [-0.1, -0.05) is 18.5 Å². The monoisotopic (exact) mass is 475 g/mol. The molecule has 1 aliphatic carbocycles. The highest BCUT2D eigenvalue weighted by atomic mass is 35.5. The first kappa shape index (κ1) is 21.8. The van der Waals surface area contributed by atoms with Gasteiger partial charge >= 0.3 is 6.03 Å². The number of aryl methyl sites for hydroxylation is 1. The number of hydrogen-bond donors (Lipinski definition) is 1. The number of hydrogen-bond acceptors (Lipinski definition) is 7. The lowest BCUT2D eigenvalue weighted by atomic mass is 9.64. The van der Waals surface area contributed by atoms with E-state index in [0.29, 0.717) is 29.7 Å². The van der Waals surface area contributed by atoms with Crippen LogP contribution in [0.5, 0.6) is 0 Å². The predicted octanol–water partition coefficient (Wildman–Crippen LogP) is 3.74. The fourth-order valence-electron chi connectivity index (χ4n) is 5.04. The molecule has 10 nitrogen and oxygen atoms in total. The summed E-state index contributed by atoms with van der Waals surface area (Å²) in [5.41, 5.74) is -0.147. The van der Waals surface area contributed by atoms with E-state index in [-0.39, 0.29) is 35.2 Å². The average molecular weight is 476 g/mol. The van der Waals surface area contributed by atoms with Gasteiger partial charge in [-0.25, -0.2) is 14.2 Å². The molecule has 5 rings (SSSR count). The summed E-state index contributed by atoms with van der Waals surface area (Å²) < 4.78 is 27.0. The number of halogens is 2. The van der Waals surface area contributed by atoms with Crippen molar-refractivity contribution in [2.24, 2.45) is 13.0 Å². The number of carbonyl (C=O) groups excluding carboxylic acids is 1. The van der Waals surface area contributed by atoms with Gasteiger partial charge in [0.1, 0.15) is 24.3 Å². The van der Waals surface area contributed by atoms with Crippen molar-refractivity contribution in [2.75, 3.05) is 12.4 Å². The number of likely N-dealkylation sites (tertiary alicyclic amines) is 1. The second kappa shape index (κ2) is 8.07. The van der Waals surface area contributed by atoms with E-state index in [0.717, 1.165) is 12.8 Å². The van der Waals surface area contributed by atoms with Crippen LogP contribution in [-0.2, 0) is 23.9 Å². The molecular weight excluding hydrogens is 453 g/mol. The average Bonchev–Trinajstić information content (AvgIpc) is 3.39. The summed E-state index contributed by atoms with van der Waals surface area (Å²) in [4.78, 5) is 19.3. The molecule has 2 unspecified atom stereocenters. The minimum absolute atomic E-state index is 0.0283. The zero-order valence-corrected chi connectivity index (χ0v) is 19.1. The van der Waals surface area contributed by atoms with Crippen LogP contribution in [0.25, 0.3) is 11.4 Å². The van der Waals surface area contributed by atoms with E-state index in [9.17, 15) is 9.18 Å². The number of methoxy groups -OCH3 is 1. The van der Waals surface area contributed by atoms with Crippen molar-refractivity contribution >= 4 is 23.3 Å². The summed E-state index contributed by atoms with van der Waals surface area (Å²) >= 11 is 6.15. The molecule has 33 heavy (non-hydrogen) atoms. The quantitative estimate of drug-likeness (QED) is 0.598. The van der Waals surface area contributed by atoms with Crippen molar-refractivity contribution in [3.8, 4) is 11.4 Å². The second-order valence-electron chi connectivity index (χ2n) is 8.73. The van der Waals surface area contributed by atoms with Crippen LogP contribution in [0, 0.1) is 11.7 Å². The van der Waals surface area contributed by atoms with Crippen molar-refractivity contribution in [3.05, 3.63) is 41.1 Å². The van der Waals surface area contributed by atoms with Gasteiger partial charge in [-0.15, -0.1) is 10.2 Å². The molecule has 2 amide bonds. The van der Waals surface area contributed by atoms with Gasteiger partial charge in [-0.05, 0) is 30.9 Å². The van der Waals surface area contributed by atoms with E-state index in [1.165, 1.54) is 17.1 Å². The summed E-state index contributed by atoms with van der Waals surface area (Å²) in [5.74, 6) is 0.732. The molecule has 1 aliphatic heterocycles. The first-order valence-electron chi connectivity index (χ1n) is 10.6. The van der Waals surface area contributed by atoms with E-state index in [2.05, 4.69) is 32.5 Å². The van der Waals surface area contributed by atoms with E-state index >= 15 is 0 Å². The Labute approximate surface area is 194 Å². The number of piperidine rings is 1. The Morgan fingerprint density at radius 2 is 2.21 bits per heavy atom. The number of anilines is 1. The Kier molecular flexibility index (Phi) is 5.32. The second-order valence-corrected chi connectivity index (χ2v) is 9.11. The largest absolute Gasteiger partial charge is 0.420 e. The van der Waals surface area contributed by atoms with E-state index in [1.807, 2.05) is 0 Å². The van der Waals surface area contributed by atoms with E-state index in [4.69, 9.17) is 20.8 Å². The van der Waals surface area contributed by atoms with Crippen molar-refractivity contribution in [1.82, 2.24) is 29.9 Å². The van der Waals surface area contributed by atoms with Gasteiger partial charge in [-0.2, -0.15) is 5.10 Å². The molecule has 2 bridgehead atoms. The highest BCUT2D eigenvalue weighted by molar-refractivity contribution is 6.33. The van der Waals surface area contributed by atoms with Gasteiger partial charge in [0.15, 0.2) is 5.82 Å². The highest BCUT2D eigenvalue weighted by Gasteiger charge is 2.62. The molecule has 12 heteroatoms. The van der Waals surface area contributed by atoms with Gasteiger partial charge in [-0.3, -0.25) is 4.68 Å². The molecule has 2 aliphatic rings. The first-order chi connectivity index (χ1) is 15.8. The maximum Gasteiger partial charge on any atom is 0.323 e. The van der Waals surface area contributed by atoms with Crippen molar-refractivity contribution in [2.45, 2.75) is 44.4 Å². The number of fused-ring (bicyclic) bond motifs is 2. The number of aromatic nitrogens is 5. The molecular formula is C21H23ClFN7O3. The molecule has 3 aromatic rings. The first-order valence-corrected chi connectivity index (χ1v) is 11.0. The molecule has 1 saturated carbocycles. The normalized spacial score (nSPS) is 24.0. The fourth-order valence-corrected chi connectivity index (χ4v) is 5.24.